The molecule has 0 saturated heterocycles. The van der Waals surface area contributed by atoms with Gasteiger partial charge in [-0.05, 0) is 24.5 Å². The molecule has 0 radical (unpaired) electrons. The molecule has 5 nitrogen and oxygen atoms in total. The lowest BCUT2D eigenvalue weighted by atomic mass is 9.87. The molecular weight excluding hydrogens is 270 g/mol. The Morgan fingerprint density at radius 1 is 1.53 bits per heavy atom. The number of methoxy groups -OCH3 is 1. The fourth-order valence-corrected chi connectivity index (χ4v) is 2.64. The van der Waals surface area contributed by atoms with Gasteiger partial charge in [0.15, 0.2) is 6.10 Å². The van der Waals surface area contributed by atoms with Crippen LogP contribution in [0.5, 0.6) is 0 Å². The van der Waals surface area contributed by atoms with E-state index in [0.717, 1.165) is 17.5 Å². The number of ether oxygens (including phenoxy) is 3. The number of benzene rings is 1. The van der Waals surface area contributed by atoms with E-state index in [1.54, 1.807) is 6.07 Å². The maximum Gasteiger partial charge on any atom is 0.405 e. The third kappa shape index (κ3) is 3.18. The first kappa shape index (κ1) is 14.1. The predicted octanol–water partition coefficient (Wildman–Crippen LogP) is 2.41. The molecule has 1 aliphatic carbocycles. The highest BCUT2D eigenvalue weighted by Crippen LogP contribution is 2.38. The minimum Gasteiger partial charge on any atom is -0.439 e. The highest BCUT2D eigenvalue weighted by Gasteiger charge is 2.34. The summed E-state index contributed by atoms with van der Waals surface area (Å²) in [6, 6.07) is 5.60. The van der Waals surface area contributed by atoms with Crippen LogP contribution in [0.15, 0.2) is 18.2 Å². The Morgan fingerprint density at radius 2 is 2.32 bits per heavy atom. The van der Waals surface area contributed by atoms with E-state index in [0.29, 0.717) is 11.4 Å². The molecule has 0 unspecified atom stereocenters. The van der Waals surface area contributed by atoms with Crippen molar-refractivity contribution in [3.8, 4) is 0 Å². The van der Waals surface area contributed by atoms with Gasteiger partial charge in [0, 0.05) is 17.7 Å². The number of amides is 1. The quantitative estimate of drug-likeness (QED) is 0.863. The fourth-order valence-electron chi connectivity index (χ4n) is 2.34. The first-order valence-electron chi connectivity index (χ1n) is 5.97. The molecule has 0 aromatic heterocycles. The van der Waals surface area contributed by atoms with E-state index in [2.05, 4.69) is 0 Å². The summed E-state index contributed by atoms with van der Waals surface area (Å²) in [6.07, 6.45) is -0.217. The molecule has 0 bridgehead atoms. The molecule has 0 fully saturated rings. The van der Waals surface area contributed by atoms with Crippen molar-refractivity contribution in [2.45, 2.75) is 25.0 Å². The highest BCUT2D eigenvalue weighted by molar-refractivity contribution is 6.31. The van der Waals surface area contributed by atoms with Crippen LogP contribution in [-0.2, 0) is 20.6 Å². The third-order valence-electron chi connectivity index (χ3n) is 3.11. The number of nitrogens with two attached hydrogens (primary N) is 1. The molecule has 2 atom stereocenters. The van der Waals surface area contributed by atoms with Crippen molar-refractivity contribution < 1.29 is 19.0 Å². The van der Waals surface area contributed by atoms with Crippen LogP contribution in [0.3, 0.4) is 0 Å². The smallest absolute Gasteiger partial charge is 0.405 e. The lowest BCUT2D eigenvalue weighted by Crippen LogP contribution is -2.33. The van der Waals surface area contributed by atoms with Crippen molar-refractivity contribution in [1.82, 2.24) is 0 Å². The summed E-state index contributed by atoms with van der Waals surface area (Å²) in [4.78, 5) is 11.1. The Bertz CT molecular complexity index is 466. The number of carbonyl (C=O) groups is 1. The van der Waals surface area contributed by atoms with Crippen molar-refractivity contribution in [2.24, 2.45) is 5.73 Å². The predicted molar refractivity (Wildman–Crippen MR) is 69.9 cm³/mol. The minimum atomic E-state index is -0.844. The zero-order chi connectivity index (χ0) is 13.8. The number of aryl methyl sites for hydroxylation is 1. The molecule has 0 saturated carbocycles. The molecule has 6 heteroatoms. The van der Waals surface area contributed by atoms with Crippen molar-refractivity contribution in [1.29, 1.82) is 0 Å². The van der Waals surface area contributed by atoms with Gasteiger partial charge in [0.2, 0.25) is 0 Å². The van der Waals surface area contributed by atoms with Crippen LogP contribution < -0.4 is 5.73 Å². The molecule has 0 heterocycles. The number of halogens is 1. The van der Waals surface area contributed by atoms with Gasteiger partial charge in [-0.1, -0.05) is 23.7 Å². The zero-order valence-electron chi connectivity index (χ0n) is 10.6. The summed E-state index contributed by atoms with van der Waals surface area (Å²) in [5, 5.41) is 0.550. The summed E-state index contributed by atoms with van der Waals surface area (Å²) in [6.45, 7) is 0.128. The van der Waals surface area contributed by atoms with Crippen LogP contribution in [0.1, 0.15) is 23.7 Å². The Labute approximate surface area is 116 Å². The summed E-state index contributed by atoms with van der Waals surface area (Å²) in [5.74, 6) is 0. The zero-order valence-corrected chi connectivity index (χ0v) is 11.4. The molecule has 2 N–H and O–H groups in total. The normalized spacial score (nSPS) is 21.8. The van der Waals surface area contributed by atoms with Crippen LogP contribution in [0.4, 0.5) is 4.79 Å². The average Bonchev–Trinajstić information content (AvgIpc) is 2.37. The monoisotopic (exact) mass is 285 g/mol. The Kier molecular flexibility index (Phi) is 4.63. The maximum atomic E-state index is 11.1. The highest BCUT2D eigenvalue weighted by atomic mass is 35.5. The molecule has 1 amide bonds. The van der Waals surface area contributed by atoms with Crippen LogP contribution >= 0.6 is 11.6 Å². The van der Waals surface area contributed by atoms with Gasteiger partial charge in [-0.2, -0.15) is 0 Å². The number of hydrogen-bond acceptors (Lipinski definition) is 4. The summed E-state index contributed by atoms with van der Waals surface area (Å²) in [7, 11) is 1.54. The molecule has 0 spiro atoms. The number of rotatable bonds is 4. The lowest BCUT2D eigenvalue weighted by Gasteiger charge is -2.32. The van der Waals surface area contributed by atoms with Crippen molar-refractivity contribution >= 4 is 17.7 Å². The number of hydrogen-bond donors (Lipinski definition) is 1. The van der Waals surface area contributed by atoms with Gasteiger partial charge in [0.05, 0.1) is 0 Å². The largest absolute Gasteiger partial charge is 0.439 e. The van der Waals surface area contributed by atoms with Crippen LogP contribution in [0, 0.1) is 0 Å². The minimum absolute atomic E-state index is 0.128. The Morgan fingerprint density at radius 3 is 3.00 bits per heavy atom. The van der Waals surface area contributed by atoms with E-state index in [-0.39, 0.29) is 12.9 Å². The topological polar surface area (TPSA) is 70.8 Å². The Hall–Kier alpha value is -1.30. The Balaban J connectivity index is 2.31. The fraction of sp³-hybridized carbons (Fsp3) is 0.462. The van der Waals surface area contributed by atoms with Gasteiger partial charge >= 0.3 is 6.09 Å². The van der Waals surface area contributed by atoms with Crippen molar-refractivity contribution in [3.63, 3.8) is 0 Å². The van der Waals surface area contributed by atoms with E-state index in [1.165, 1.54) is 7.11 Å². The van der Waals surface area contributed by atoms with Crippen LogP contribution in [0.25, 0.3) is 0 Å². The van der Waals surface area contributed by atoms with Crippen molar-refractivity contribution in [2.75, 3.05) is 13.9 Å². The third-order valence-corrected chi connectivity index (χ3v) is 3.44. The van der Waals surface area contributed by atoms with Gasteiger partial charge < -0.3 is 19.9 Å². The second kappa shape index (κ2) is 6.23. The first-order chi connectivity index (χ1) is 9.13. The number of fused-ring (bicyclic) bond motifs is 1. The van der Waals surface area contributed by atoms with Crippen molar-refractivity contribution in [3.05, 3.63) is 34.3 Å². The number of carbonyl (C=O) groups excluding carboxylic acids is 1. The summed E-state index contributed by atoms with van der Waals surface area (Å²) >= 11 is 6.20. The van der Waals surface area contributed by atoms with E-state index in [4.69, 9.17) is 31.5 Å². The first-order valence-corrected chi connectivity index (χ1v) is 6.35. The van der Waals surface area contributed by atoms with E-state index in [1.807, 2.05) is 12.1 Å². The molecular formula is C13H16ClNO4. The van der Waals surface area contributed by atoms with Gasteiger partial charge in [0.25, 0.3) is 0 Å². The molecule has 1 aromatic carbocycles. The average molecular weight is 286 g/mol. The summed E-state index contributed by atoms with van der Waals surface area (Å²) in [5.41, 5.74) is 6.96. The van der Waals surface area contributed by atoms with Gasteiger partial charge in [0.1, 0.15) is 12.9 Å². The second-order valence-corrected chi connectivity index (χ2v) is 4.73. The molecule has 104 valence electrons. The van der Waals surface area contributed by atoms with Gasteiger partial charge in [-0.25, -0.2) is 4.79 Å². The SMILES string of the molecule is COCO[C@@H]1CCc2cccc(Cl)c2[C@@H]1OC(N)=O. The maximum absolute atomic E-state index is 11.1. The molecule has 0 aliphatic heterocycles. The van der Waals surface area contributed by atoms with Gasteiger partial charge in [-0.15, -0.1) is 0 Å². The van der Waals surface area contributed by atoms with E-state index >= 15 is 0 Å². The number of primary amides is 1. The molecule has 1 aliphatic rings. The molecule has 19 heavy (non-hydrogen) atoms. The second-order valence-electron chi connectivity index (χ2n) is 4.32. The van der Waals surface area contributed by atoms with E-state index < -0.39 is 12.2 Å². The standard InChI is InChI=1S/C13H16ClNO4/c1-17-7-18-10-6-5-8-3-2-4-9(14)11(8)12(10)19-13(15)16/h2-4,10,12H,5-7H2,1H3,(H2,15,16)/t10-,12-/m1/s1. The van der Waals surface area contributed by atoms with Gasteiger partial charge in [-0.3, -0.25) is 0 Å². The summed E-state index contributed by atoms with van der Waals surface area (Å²) < 4.78 is 15.6. The lowest BCUT2D eigenvalue weighted by molar-refractivity contribution is -0.119. The van der Waals surface area contributed by atoms with Crippen LogP contribution in [-0.4, -0.2) is 26.1 Å². The molecule has 1 aromatic rings. The van der Waals surface area contributed by atoms with Crippen LogP contribution in [0.2, 0.25) is 5.02 Å². The van der Waals surface area contributed by atoms with E-state index in [9.17, 15) is 4.79 Å². The molecule has 2 rings (SSSR count).